The summed E-state index contributed by atoms with van der Waals surface area (Å²) < 4.78 is 4.99. The van der Waals surface area contributed by atoms with Crippen LogP contribution in [-0.2, 0) is 6.42 Å². The van der Waals surface area contributed by atoms with Crippen LogP contribution in [0.1, 0.15) is 31.0 Å². The van der Waals surface area contributed by atoms with E-state index < -0.39 is 0 Å². The summed E-state index contributed by atoms with van der Waals surface area (Å²) in [4.78, 5) is 8.40. The lowest BCUT2D eigenvalue weighted by atomic mass is 9.86. The Balaban J connectivity index is 0.00000162. The number of aryl methyl sites for hydroxylation is 1. The first-order valence-corrected chi connectivity index (χ1v) is 6.07. The second-order valence-corrected chi connectivity index (χ2v) is 4.43. The average Bonchev–Trinajstić information content (AvgIpc) is 2.62. The molecule has 3 N–H and O–H groups in total. The van der Waals surface area contributed by atoms with Gasteiger partial charge in [0.15, 0.2) is 11.8 Å². The fourth-order valence-corrected chi connectivity index (χ4v) is 1.70. The molecule has 0 spiro atoms. The van der Waals surface area contributed by atoms with Crippen LogP contribution in [0.3, 0.4) is 0 Å². The molecule has 7 heteroatoms. The largest absolute Gasteiger partial charge is 0.370 e. The highest BCUT2D eigenvalue weighted by Gasteiger charge is 2.16. The molecule has 1 saturated carbocycles. The summed E-state index contributed by atoms with van der Waals surface area (Å²) in [5, 5.41) is 6.76. The lowest BCUT2D eigenvalue weighted by molar-refractivity contribution is 0.326. The van der Waals surface area contributed by atoms with Gasteiger partial charge in [-0.25, -0.2) is 0 Å². The van der Waals surface area contributed by atoms with Crippen LogP contribution >= 0.6 is 24.0 Å². The highest BCUT2D eigenvalue weighted by Crippen LogP contribution is 2.26. The Morgan fingerprint density at radius 2 is 2.33 bits per heavy atom. The Hall–Kier alpha value is -0.860. The van der Waals surface area contributed by atoms with E-state index in [2.05, 4.69) is 20.4 Å². The number of aliphatic imine (C=N–C) groups is 1. The molecule has 0 saturated heterocycles. The molecular weight excluding hydrogens is 345 g/mol. The van der Waals surface area contributed by atoms with Gasteiger partial charge < -0.3 is 15.6 Å². The molecule has 1 heterocycles. The molecule has 2 rings (SSSR count). The van der Waals surface area contributed by atoms with Gasteiger partial charge in [0.05, 0.1) is 0 Å². The quantitative estimate of drug-likeness (QED) is 0.466. The minimum Gasteiger partial charge on any atom is -0.370 e. The Morgan fingerprint density at radius 1 is 1.56 bits per heavy atom. The summed E-state index contributed by atoms with van der Waals surface area (Å²) in [6.45, 7) is 3.31. The molecule has 18 heavy (non-hydrogen) atoms. The first kappa shape index (κ1) is 15.2. The number of halogens is 1. The van der Waals surface area contributed by atoms with Crippen molar-refractivity contribution in [3.63, 3.8) is 0 Å². The molecule has 1 fully saturated rings. The van der Waals surface area contributed by atoms with Gasteiger partial charge in [-0.2, -0.15) is 4.98 Å². The average molecular weight is 365 g/mol. The maximum absolute atomic E-state index is 5.74. The molecule has 1 aliphatic rings. The predicted molar refractivity (Wildman–Crippen MR) is 80.0 cm³/mol. The molecule has 0 radical (unpaired) electrons. The highest BCUT2D eigenvalue weighted by atomic mass is 127. The van der Waals surface area contributed by atoms with Gasteiger partial charge in [0.2, 0.25) is 5.89 Å². The number of hydrogen-bond donors (Lipinski definition) is 2. The normalized spacial score (nSPS) is 15.9. The number of hydrogen-bond acceptors (Lipinski definition) is 4. The van der Waals surface area contributed by atoms with Gasteiger partial charge in [0.1, 0.15) is 0 Å². The standard InChI is InChI=1S/C11H19N5O.HI/c1-8-15-10(17-16-8)5-6-13-11(12)14-7-9-3-2-4-9;/h9H,2-7H2,1H3,(H3,12,13,14);1H. The third kappa shape index (κ3) is 4.79. The second-order valence-electron chi connectivity index (χ2n) is 4.43. The first-order chi connectivity index (χ1) is 8.24. The van der Waals surface area contributed by atoms with Crippen LogP contribution in [-0.4, -0.2) is 29.2 Å². The van der Waals surface area contributed by atoms with E-state index in [0.717, 1.165) is 12.5 Å². The maximum atomic E-state index is 5.74. The van der Waals surface area contributed by atoms with Crippen molar-refractivity contribution in [1.82, 2.24) is 15.5 Å². The van der Waals surface area contributed by atoms with Crippen molar-refractivity contribution >= 4 is 29.9 Å². The summed E-state index contributed by atoms with van der Waals surface area (Å²) in [7, 11) is 0. The van der Waals surface area contributed by atoms with Gasteiger partial charge in [-0.3, -0.25) is 4.99 Å². The minimum atomic E-state index is 0. The summed E-state index contributed by atoms with van der Waals surface area (Å²) in [6.07, 6.45) is 4.58. The van der Waals surface area contributed by atoms with E-state index in [1.165, 1.54) is 19.3 Å². The van der Waals surface area contributed by atoms with Gasteiger partial charge in [-0.15, -0.1) is 24.0 Å². The smallest absolute Gasteiger partial charge is 0.228 e. The molecule has 0 amide bonds. The van der Waals surface area contributed by atoms with Crippen LogP contribution < -0.4 is 11.1 Å². The van der Waals surface area contributed by atoms with Crippen LogP contribution in [0.2, 0.25) is 0 Å². The predicted octanol–water partition coefficient (Wildman–Crippen LogP) is 1.24. The number of guanidine groups is 1. The number of aromatic nitrogens is 2. The van der Waals surface area contributed by atoms with Gasteiger partial charge >= 0.3 is 0 Å². The molecule has 0 bridgehead atoms. The fourth-order valence-electron chi connectivity index (χ4n) is 1.70. The van der Waals surface area contributed by atoms with Crippen molar-refractivity contribution in [2.24, 2.45) is 16.6 Å². The summed E-state index contributed by atoms with van der Waals surface area (Å²) in [5.41, 5.74) is 5.74. The SMILES string of the molecule is Cc1noc(CCNC(N)=NCC2CCC2)n1.I. The van der Waals surface area contributed by atoms with E-state index >= 15 is 0 Å². The Bertz CT molecular complexity index is 389. The molecular formula is C11H20IN5O. The van der Waals surface area contributed by atoms with Gasteiger partial charge in [0, 0.05) is 19.5 Å². The van der Waals surface area contributed by atoms with Crippen LogP contribution in [0.5, 0.6) is 0 Å². The highest BCUT2D eigenvalue weighted by molar-refractivity contribution is 14.0. The molecule has 102 valence electrons. The van der Waals surface area contributed by atoms with Gasteiger partial charge in [0.25, 0.3) is 0 Å². The summed E-state index contributed by atoms with van der Waals surface area (Å²) in [6, 6.07) is 0. The molecule has 1 aliphatic carbocycles. The molecule has 1 aromatic heterocycles. The first-order valence-electron chi connectivity index (χ1n) is 6.07. The van der Waals surface area contributed by atoms with Crippen LogP contribution in [0.4, 0.5) is 0 Å². The third-order valence-electron chi connectivity index (χ3n) is 2.96. The molecule has 0 unspecified atom stereocenters. The lowest BCUT2D eigenvalue weighted by Gasteiger charge is -2.23. The number of rotatable bonds is 5. The van der Waals surface area contributed by atoms with E-state index in [4.69, 9.17) is 10.3 Å². The molecule has 1 aromatic rings. The topological polar surface area (TPSA) is 89.3 Å². The van der Waals surface area contributed by atoms with Crippen molar-refractivity contribution < 1.29 is 4.52 Å². The zero-order valence-corrected chi connectivity index (χ0v) is 12.9. The Labute approximate surface area is 124 Å². The van der Waals surface area contributed by atoms with E-state index in [0.29, 0.717) is 30.6 Å². The minimum absolute atomic E-state index is 0. The van der Waals surface area contributed by atoms with Crippen LogP contribution in [0.25, 0.3) is 0 Å². The molecule has 0 aliphatic heterocycles. The van der Waals surface area contributed by atoms with Crippen molar-refractivity contribution in [1.29, 1.82) is 0 Å². The summed E-state index contributed by atoms with van der Waals surface area (Å²) in [5.74, 6) is 2.54. The monoisotopic (exact) mass is 365 g/mol. The third-order valence-corrected chi connectivity index (χ3v) is 2.96. The van der Waals surface area contributed by atoms with E-state index in [9.17, 15) is 0 Å². The second kappa shape index (κ2) is 7.55. The van der Waals surface area contributed by atoms with Crippen molar-refractivity contribution in [2.75, 3.05) is 13.1 Å². The lowest BCUT2D eigenvalue weighted by Crippen LogP contribution is -2.34. The van der Waals surface area contributed by atoms with Gasteiger partial charge in [-0.1, -0.05) is 11.6 Å². The fraction of sp³-hybridized carbons (Fsp3) is 0.727. The van der Waals surface area contributed by atoms with E-state index in [-0.39, 0.29) is 24.0 Å². The van der Waals surface area contributed by atoms with Crippen molar-refractivity contribution in [3.8, 4) is 0 Å². The van der Waals surface area contributed by atoms with Crippen LogP contribution in [0, 0.1) is 12.8 Å². The summed E-state index contributed by atoms with van der Waals surface area (Å²) >= 11 is 0. The zero-order valence-electron chi connectivity index (χ0n) is 10.6. The molecule has 0 aromatic carbocycles. The number of nitrogens with two attached hydrogens (primary N) is 1. The van der Waals surface area contributed by atoms with Crippen molar-refractivity contribution in [2.45, 2.75) is 32.6 Å². The molecule has 0 atom stereocenters. The van der Waals surface area contributed by atoms with Gasteiger partial charge in [-0.05, 0) is 25.7 Å². The maximum Gasteiger partial charge on any atom is 0.228 e. The number of nitrogens with zero attached hydrogens (tertiary/aromatic N) is 3. The van der Waals surface area contributed by atoms with E-state index in [1.54, 1.807) is 6.92 Å². The Kier molecular flexibility index (Phi) is 6.37. The van der Waals surface area contributed by atoms with Crippen molar-refractivity contribution in [3.05, 3.63) is 11.7 Å². The van der Waals surface area contributed by atoms with Crippen LogP contribution in [0.15, 0.2) is 9.52 Å². The zero-order chi connectivity index (χ0) is 12.1. The van der Waals surface area contributed by atoms with E-state index in [1.807, 2.05) is 0 Å². The molecule has 6 nitrogen and oxygen atoms in total. The number of nitrogens with one attached hydrogen (secondary N) is 1. The Morgan fingerprint density at radius 3 is 2.89 bits per heavy atom.